The highest BCUT2D eigenvalue weighted by Gasteiger charge is 2.20. The van der Waals surface area contributed by atoms with Gasteiger partial charge in [0.1, 0.15) is 5.75 Å². The smallest absolute Gasteiger partial charge is 0.307 e. The van der Waals surface area contributed by atoms with E-state index in [-0.39, 0.29) is 23.6 Å². The molecule has 0 spiro atoms. The van der Waals surface area contributed by atoms with E-state index in [2.05, 4.69) is 4.72 Å². The van der Waals surface area contributed by atoms with Gasteiger partial charge in [0.05, 0.1) is 18.4 Å². The highest BCUT2D eigenvalue weighted by atomic mass is 32.2. The molecule has 1 aromatic rings. The number of rotatable bonds is 9. The molecule has 0 aromatic heterocycles. The van der Waals surface area contributed by atoms with Crippen LogP contribution in [0.4, 0.5) is 0 Å². The standard InChI is InChI=1S/C13H19NO6S/c1-20-11-4-5-12(10(8-11)9-13(16)17)21(18,19)14-6-2-3-7-15/h4-5,8,14-15H,2-3,6-7,9H2,1H3,(H,16,17). The molecule has 118 valence electrons. The van der Waals surface area contributed by atoms with Crippen LogP contribution in [0.3, 0.4) is 0 Å². The van der Waals surface area contributed by atoms with E-state index < -0.39 is 22.4 Å². The van der Waals surface area contributed by atoms with Crippen LogP contribution in [-0.2, 0) is 21.2 Å². The van der Waals surface area contributed by atoms with Crippen molar-refractivity contribution in [3.63, 3.8) is 0 Å². The van der Waals surface area contributed by atoms with Gasteiger partial charge in [-0.3, -0.25) is 4.79 Å². The maximum atomic E-state index is 12.2. The van der Waals surface area contributed by atoms with Gasteiger partial charge >= 0.3 is 5.97 Å². The summed E-state index contributed by atoms with van der Waals surface area (Å²) in [5.41, 5.74) is 0.163. The summed E-state index contributed by atoms with van der Waals surface area (Å²) in [7, 11) is -2.37. The molecule has 0 bridgehead atoms. The van der Waals surface area contributed by atoms with Crippen LogP contribution in [0.15, 0.2) is 23.1 Å². The first-order valence-corrected chi connectivity index (χ1v) is 7.88. The molecular formula is C13H19NO6S. The summed E-state index contributed by atoms with van der Waals surface area (Å²) >= 11 is 0. The molecule has 0 saturated carbocycles. The molecule has 1 aromatic carbocycles. The number of sulfonamides is 1. The van der Waals surface area contributed by atoms with E-state index in [9.17, 15) is 13.2 Å². The maximum absolute atomic E-state index is 12.2. The Balaban J connectivity index is 3.00. The van der Waals surface area contributed by atoms with Gasteiger partial charge in [-0.25, -0.2) is 13.1 Å². The summed E-state index contributed by atoms with van der Waals surface area (Å²) < 4.78 is 31.7. The first-order valence-electron chi connectivity index (χ1n) is 6.40. The molecule has 8 heteroatoms. The molecule has 0 radical (unpaired) electrons. The van der Waals surface area contributed by atoms with Crippen molar-refractivity contribution in [2.75, 3.05) is 20.3 Å². The van der Waals surface area contributed by atoms with E-state index >= 15 is 0 Å². The van der Waals surface area contributed by atoms with Crippen LogP contribution in [0.5, 0.6) is 5.75 Å². The van der Waals surface area contributed by atoms with Crippen LogP contribution < -0.4 is 9.46 Å². The molecule has 3 N–H and O–H groups in total. The number of carboxylic acids is 1. The number of nitrogens with one attached hydrogen (secondary N) is 1. The molecule has 0 unspecified atom stereocenters. The van der Waals surface area contributed by atoms with Crippen molar-refractivity contribution in [1.29, 1.82) is 0 Å². The Kier molecular flexibility index (Phi) is 6.60. The minimum Gasteiger partial charge on any atom is -0.497 e. The predicted octanol–water partition coefficient (Wildman–Crippen LogP) is 0.373. The third-order valence-electron chi connectivity index (χ3n) is 2.78. The minimum absolute atomic E-state index is 0.00543. The van der Waals surface area contributed by atoms with Crippen LogP contribution in [0.25, 0.3) is 0 Å². The van der Waals surface area contributed by atoms with Crippen molar-refractivity contribution in [2.45, 2.75) is 24.2 Å². The van der Waals surface area contributed by atoms with Crippen LogP contribution in [0.1, 0.15) is 18.4 Å². The van der Waals surface area contributed by atoms with Crippen LogP contribution >= 0.6 is 0 Å². The second-order valence-corrected chi connectivity index (χ2v) is 6.11. The fraction of sp³-hybridized carbons (Fsp3) is 0.462. The van der Waals surface area contributed by atoms with Gasteiger partial charge in [0, 0.05) is 13.2 Å². The average Bonchev–Trinajstić information content (AvgIpc) is 2.42. The molecule has 0 heterocycles. The molecule has 1 rings (SSSR count). The summed E-state index contributed by atoms with van der Waals surface area (Å²) in [6, 6.07) is 4.19. The summed E-state index contributed by atoms with van der Waals surface area (Å²) in [6.45, 7) is 0.177. The number of hydrogen-bond donors (Lipinski definition) is 3. The highest BCUT2D eigenvalue weighted by Crippen LogP contribution is 2.22. The van der Waals surface area contributed by atoms with Crippen molar-refractivity contribution in [2.24, 2.45) is 0 Å². The van der Waals surface area contributed by atoms with Gasteiger partial charge in [0.15, 0.2) is 0 Å². The SMILES string of the molecule is COc1ccc(S(=O)(=O)NCCCCO)c(CC(=O)O)c1. The molecule has 0 atom stereocenters. The Labute approximate surface area is 123 Å². The third kappa shape index (κ3) is 5.33. The highest BCUT2D eigenvalue weighted by molar-refractivity contribution is 7.89. The van der Waals surface area contributed by atoms with E-state index in [1.165, 1.54) is 25.3 Å². The molecule has 0 fully saturated rings. The molecule has 0 aliphatic carbocycles. The van der Waals surface area contributed by atoms with Gasteiger partial charge in [0.25, 0.3) is 0 Å². The maximum Gasteiger partial charge on any atom is 0.307 e. The topological polar surface area (TPSA) is 113 Å². The first-order chi connectivity index (χ1) is 9.90. The van der Waals surface area contributed by atoms with Crippen molar-refractivity contribution < 1.29 is 28.2 Å². The molecule has 0 aliphatic rings. The zero-order chi connectivity index (χ0) is 15.9. The van der Waals surface area contributed by atoms with Crippen molar-refractivity contribution in [1.82, 2.24) is 4.72 Å². The van der Waals surface area contributed by atoms with Crippen molar-refractivity contribution >= 4 is 16.0 Å². The Morgan fingerprint density at radius 3 is 2.62 bits per heavy atom. The van der Waals surface area contributed by atoms with Gasteiger partial charge in [0.2, 0.25) is 10.0 Å². The van der Waals surface area contributed by atoms with E-state index in [0.717, 1.165) is 0 Å². The number of carboxylic acid groups (broad SMARTS) is 1. The van der Waals surface area contributed by atoms with Gasteiger partial charge in [-0.05, 0) is 36.6 Å². The molecule has 0 aliphatic heterocycles. The van der Waals surface area contributed by atoms with E-state index in [1.54, 1.807) is 0 Å². The minimum atomic E-state index is -3.79. The zero-order valence-electron chi connectivity index (χ0n) is 11.7. The average molecular weight is 317 g/mol. The quantitative estimate of drug-likeness (QED) is 0.567. The second-order valence-electron chi connectivity index (χ2n) is 4.37. The lowest BCUT2D eigenvalue weighted by Gasteiger charge is -2.12. The van der Waals surface area contributed by atoms with Gasteiger partial charge in [-0.2, -0.15) is 0 Å². The van der Waals surface area contributed by atoms with E-state index in [1.807, 2.05) is 0 Å². The molecular weight excluding hydrogens is 298 g/mol. The Bertz CT molecular complexity index is 584. The fourth-order valence-electron chi connectivity index (χ4n) is 1.77. The van der Waals surface area contributed by atoms with Crippen molar-refractivity contribution in [3.8, 4) is 5.75 Å². The van der Waals surface area contributed by atoms with Gasteiger partial charge in [-0.15, -0.1) is 0 Å². The lowest BCUT2D eigenvalue weighted by molar-refractivity contribution is -0.136. The lowest BCUT2D eigenvalue weighted by Crippen LogP contribution is -2.26. The predicted molar refractivity (Wildman–Crippen MR) is 75.8 cm³/mol. The number of aliphatic carboxylic acids is 1. The molecule has 0 amide bonds. The molecule has 21 heavy (non-hydrogen) atoms. The van der Waals surface area contributed by atoms with Gasteiger partial charge in [-0.1, -0.05) is 0 Å². The number of unbranched alkanes of at least 4 members (excludes halogenated alkanes) is 1. The monoisotopic (exact) mass is 317 g/mol. The number of aliphatic hydroxyl groups excluding tert-OH is 1. The number of aliphatic hydroxyl groups is 1. The van der Waals surface area contributed by atoms with Crippen LogP contribution in [0, 0.1) is 0 Å². The number of hydrogen-bond acceptors (Lipinski definition) is 5. The molecule has 0 saturated heterocycles. The van der Waals surface area contributed by atoms with Crippen molar-refractivity contribution in [3.05, 3.63) is 23.8 Å². The Morgan fingerprint density at radius 2 is 2.05 bits per heavy atom. The number of ether oxygens (including phenoxy) is 1. The Hall–Kier alpha value is -1.64. The van der Waals surface area contributed by atoms with Crippen LogP contribution in [-0.4, -0.2) is 44.9 Å². The summed E-state index contributed by atoms with van der Waals surface area (Å²) in [6.07, 6.45) is 0.581. The Morgan fingerprint density at radius 1 is 1.33 bits per heavy atom. The largest absolute Gasteiger partial charge is 0.497 e. The lowest BCUT2D eigenvalue weighted by atomic mass is 10.1. The summed E-state index contributed by atoms with van der Waals surface area (Å²) in [5.74, 6) is -0.731. The first kappa shape index (κ1) is 17.4. The van der Waals surface area contributed by atoms with E-state index in [4.69, 9.17) is 14.9 Å². The number of benzene rings is 1. The summed E-state index contributed by atoms with van der Waals surface area (Å²) in [4.78, 5) is 10.8. The summed E-state index contributed by atoms with van der Waals surface area (Å²) in [5, 5.41) is 17.5. The third-order valence-corrected chi connectivity index (χ3v) is 4.34. The second kappa shape index (κ2) is 7.96. The fourth-order valence-corrected chi connectivity index (χ4v) is 3.06. The normalized spacial score (nSPS) is 11.3. The molecule has 7 nitrogen and oxygen atoms in total. The van der Waals surface area contributed by atoms with Gasteiger partial charge < -0.3 is 14.9 Å². The zero-order valence-corrected chi connectivity index (χ0v) is 12.5. The number of carbonyl (C=O) groups is 1. The van der Waals surface area contributed by atoms with Crippen LogP contribution in [0.2, 0.25) is 0 Å². The van der Waals surface area contributed by atoms with E-state index in [0.29, 0.717) is 18.6 Å². The number of methoxy groups -OCH3 is 1.